The Labute approximate surface area is 178 Å². The van der Waals surface area contributed by atoms with Gasteiger partial charge in [0.2, 0.25) is 0 Å². The van der Waals surface area contributed by atoms with Crippen LogP contribution in [0.15, 0.2) is 72.9 Å². The normalized spacial score (nSPS) is 11.8. The Morgan fingerprint density at radius 3 is 2.45 bits per heavy atom. The lowest BCUT2D eigenvalue weighted by Gasteiger charge is -2.19. The first-order valence-electron chi connectivity index (χ1n) is 9.84. The highest BCUT2D eigenvalue weighted by Crippen LogP contribution is 2.18. The van der Waals surface area contributed by atoms with Crippen LogP contribution in [0, 0.1) is 6.92 Å². The van der Waals surface area contributed by atoms with E-state index in [1.807, 2.05) is 67.6 Å². The fourth-order valence-electron chi connectivity index (χ4n) is 3.21. The highest BCUT2D eigenvalue weighted by atomic mass is 16.5. The highest BCUT2D eigenvalue weighted by molar-refractivity contribution is 5.88. The van der Waals surface area contributed by atoms with E-state index in [9.17, 15) is 9.59 Å². The molecule has 0 saturated carbocycles. The standard InChI is InChI=1S/C23H21N5O3/c1-16-12-13-24-23-26-21(27-28(16)23)22(30)31-15-20(29)25-19(18-10-6-3-7-11-18)14-17-8-4-2-5-9-17/h2-13,19H,14-15H2,1H3,(H,25,29)/t19-/m0/s1. The Balaban J connectivity index is 1.41. The van der Waals surface area contributed by atoms with Crippen LogP contribution in [0.3, 0.4) is 0 Å². The SMILES string of the molecule is Cc1ccnc2nc(C(=O)OCC(=O)N[C@@H](Cc3ccccc3)c3ccccc3)nn12. The van der Waals surface area contributed by atoms with Gasteiger partial charge in [-0.1, -0.05) is 60.7 Å². The lowest BCUT2D eigenvalue weighted by molar-refractivity contribution is -0.125. The van der Waals surface area contributed by atoms with Crippen LogP contribution in [0.25, 0.3) is 5.78 Å². The van der Waals surface area contributed by atoms with Crippen molar-refractivity contribution < 1.29 is 14.3 Å². The summed E-state index contributed by atoms with van der Waals surface area (Å²) in [5.41, 5.74) is 2.83. The Hall–Kier alpha value is -4.07. The van der Waals surface area contributed by atoms with Gasteiger partial charge in [-0.05, 0) is 30.5 Å². The van der Waals surface area contributed by atoms with Gasteiger partial charge in [-0.3, -0.25) is 4.79 Å². The van der Waals surface area contributed by atoms with E-state index in [2.05, 4.69) is 20.4 Å². The van der Waals surface area contributed by atoms with Gasteiger partial charge in [0.1, 0.15) is 0 Å². The van der Waals surface area contributed by atoms with Crippen LogP contribution in [-0.2, 0) is 16.0 Å². The number of benzene rings is 2. The van der Waals surface area contributed by atoms with E-state index < -0.39 is 18.5 Å². The topological polar surface area (TPSA) is 98.5 Å². The molecule has 0 aliphatic rings. The Morgan fingerprint density at radius 2 is 1.74 bits per heavy atom. The first-order chi connectivity index (χ1) is 15.1. The number of esters is 1. The van der Waals surface area contributed by atoms with Crippen molar-refractivity contribution in [1.29, 1.82) is 0 Å². The van der Waals surface area contributed by atoms with E-state index in [4.69, 9.17) is 4.74 Å². The fourth-order valence-corrected chi connectivity index (χ4v) is 3.21. The summed E-state index contributed by atoms with van der Waals surface area (Å²) in [7, 11) is 0. The minimum absolute atomic E-state index is 0.140. The summed E-state index contributed by atoms with van der Waals surface area (Å²) in [6, 6.07) is 21.0. The molecule has 1 atom stereocenters. The predicted molar refractivity (Wildman–Crippen MR) is 113 cm³/mol. The van der Waals surface area contributed by atoms with Crippen LogP contribution in [-0.4, -0.2) is 38.1 Å². The third-order valence-electron chi connectivity index (χ3n) is 4.77. The number of fused-ring (bicyclic) bond motifs is 1. The largest absolute Gasteiger partial charge is 0.450 e. The van der Waals surface area contributed by atoms with Crippen LogP contribution in [0.1, 0.15) is 33.5 Å². The van der Waals surface area contributed by atoms with Crippen molar-refractivity contribution in [3.05, 3.63) is 95.6 Å². The molecule has 0 spiro atoms. The van der Waals surface area contributed by atoms with Crippen molar-refractivity contribution in [3.63, 3.8) is 0 Å². The maximum absolute atomic E-state index is 12.5. The first-order valence-corrected chi connectivity index (χ1v) is 9.84. The van der Waals surface area contributed by atoms with Gasteiger partial charge in [-0.2, -0.15) is 4.98 Å². The monoisotopic (exact) mass is 415 g/mol. The van der Waals surface area contributed by atoms with Gasteiger partial charge < -0.3 is 10.1 Å². The third kappa shape index (κ3) is 4.92. The molecule has 0 fully saturated rings. The van der Waals surface area contributed by atoms with Crippen LogP contribution in [0.4, 0.5) is 0 Å². The summed E-state index contributed by atoms with van der Waals surface area (Å²) in [6.07, 6.45) is 2.20. The zero-order valence-corrected chi connectivity index (χ0v) is 16.9. The van der Waals surface area contributed by atoms with Gasteiger partial charge in [-0.15, -0.1) is 5.10 Å². The maximum Gasteiger partial charge on any atom is 0.378 e. The van der Waals surface area contributed by atoms with E-state index in [1.165, 1.54) is 4.52 Å². The number of carbonyl (C=O) groups excluding carboxylic acids is 2. The number of carbonyl (C=O) groups is 2. The highest BCUT2D eigenvalue weighted by Gasteiger charge is 2.19. The number of nitrogens with zero attached hydrogens (tertiary/aromatic N) is 4. The van der Waals surface area contributed by atoms with E-state index in [1.54, 1.807) is 12.3 Å². The minimum atomic E-state index is -0.778. The summed E-state index contributed by atoms with van der Waals surface area (Å²) in [4.78, 5) is 32.9. The lowest BCUT2D eigenvalue weighted by atomic mass is 9.99. The number of rotatable bonds is 7. The van der Waals surface area contributed by atoms with Crippen LogP contribution in [0.2, 0.25) is 0 Å². The zero-order chi connectivity index (χ0) is 21.6. The second-order valence-electron chi connectivity index (χ2n) is 7.03. The van der Waals surface area contributed by atoms with Gasteiger partial charge in [0.15, 0.2) is 6.61 Å². The number of aromatic nitrogens is 4. The fraction of sp³-hybridized carbons (Fsp3) is 0.174. The van der Waals surface area contributed by atoms with E-state index in [-0.39, 0.29) is 11.9 Å². The molecule has 0 aliphatic carbocycles. The van der Waals surface area contributed by atoms with Crippen molar-refractivity contribution in [2.45, 2.75) is 19.4 Å². The van der Waals surface area contributed by atoms with Crippen molar-refractivity contribution in [2.75, 3.05) is 6.61 Å². The molecule has 4 rings (SSSR count). The Morgan fingerprint density at radius 1 is 1.03 bits per heavy atom. The van der Waals surface area contributed by atoms with Crippen LogP contribution >= 0.6 is 0 Å². The molecule has 2 aromatic heterocycles. The average molecular weight is 415 g/mol. The van der Waals surface area contributed by atoms with Crippen LogP contribution < -0.4 is 5.32 Å². The molecule has 0 bridgehead atoms. The molecule has 0 unspecified atom stereocenters. The summed E-state index contributed by atoms with van der Waals surface area (Å²) in [5, 5.41) is 7.04. The van der Waals surface area contributed by atoms with E-state index in [0.717, 1.165) is 16.8 Å². The molecule has 1 amide bonds. The molecule has 156 valence electrons. The molecule has 0 radical (unpaired) electrons. The molecule has 0 saturated heterocycles. The molecule has 0 aliphatic heterocycles. The number of nitrogens with one attached hydrogen (secondary N) is 1. The van der Waals surface area contributed by atoms with Gasteiger partial charge in [0, 0.05) is 11.9 Å². The lowest BCUT2D eigenvalue weighted by Crippen LogP contribution is -2.33. The summed E-state index contributed by atoms with van der Waals surface area (Å²) < 4.78 is 6.58. The molecule has 2 aromatic carbocycles. The van der Waals surface area contributed by atoms with Gasteiger partial charge in [0.05, 0.1) is 6.04 Å². The number of ether oxygens (including phenoxy) is 1. The number of hydrogen-bond acceptors (Lipinski definition) is 6. The van der Waals surface area contributed by atoms with Crippen molar-refractivity contribution >= 4 is 17.7 Å². The second kappa shape index (κ2) is 9.17. The molecular weight excluding hydrogens is 394 g/mol. The molecule has 31 heavy (non-hydrogen) atoms. The van der Waals surface area contributed by atoms with Gasteiger partial charge in [0.25, 0.3) is 17.5 Å². The van der Waals surface area contributed by atoms with Crippen molar-refractivity contribution in [2.24, 2.45) is 0 Å². The van der Waals surface area contributed by atoms with E-state index >= 15 is 0 Å². The van der Waals surface area contributed by atoms with Gasteiger partial charge >= 0.3 is 5.97 Å². The molecule has 4 aromatic rings. The number of aryl methyl sites for hydroxylation is 1. The predicted octanol–water partition coefficient (Wildman–Crippen LogP) is 2.69. The third-order valence-corrected chi connectivity index (χ3v) is 4.77. The zero-order valence-electron chi connectivity index (χ0n) is 16.9. The second-order valence-corrected chi connectivity index (χ2v) is 7.03. The summed E-state index contributed by atoms with van der Waals surface area (Å²) >= 11 is 0. The quantitative estimate of drug-likeness (QED) is 0.466. The number of hydrogen-bond donors (Lipinski definition) is 1. The molecule has 1 N–H and O–H groups in total. The Bertz CT molecular complexity index is 1190. The van der Waals surface area contributed by atoms with E-state index in [0.29, 0.717) is 12.2 Å². The summed E-state index contributed by atoms with van der Waals surface area (Å²) in [6.45, 7) is 1.39. The maximum atomic E-state index is 12.5. The first kappa shape index (κ1) is 20.2. The van der Waals surface area contributed by atoms with Gasteiger partial charge in [-0.25, -0.2) is 14.3 Å². The van der Waals surface area contributed by atoms with Crippen molar-refractivity contribution in [3.8, 4) is 0 Å². The molecule has 2 heterocycles. The number of amides is 1. The Kier molecular flexibility index (Phi) is 5.98. The van der Waals surface area contributed by atoms with Crippen LogP contribution in [0.5, 0.6) is 0 Å². The smallest absolute Gasteiger partial charge is 0.378 e. The average Bonchev–Trinajstić information content (AvgIpc) is 3.24. The van der Waals surface area contributed by atoms with Crippen molar-refractivity contribution in [1.82, 2.24) is 24.9 Å². The molecule has 8 heteroatoms. The molecule has 8 nitrogen and oxygen atoms in total. The summed E-state index contributed by atoms with van der Waals surface area (Å²) in [5.74, 6) is -1.03. The minimum Gasteiger partial charge on any atom is -0.450 e. The molecular formula is C23H21N5O3.